The van der Waals surface area contributed by atoms with Gasteiger partial charge in [-0.3, -0.25) is 5.41 Å². The second-order valence-corrected chi connectivity index (χ2v) is 3.23. The molecule has 0 amide bonds. The van der Waals surface area contributed by atoms with Crippen molar-refractivity contribution in [2.45, 2.75) is 0 Å². The van der Waals surface area contributed by atoms with Gasteiger partial charge in [0.05, 0.1) is 5.09 Å². The van der Waals surface area contributed by atoms with Gasteiger partial charge in [0.2, 0.25) is 0 Å². The normalized spacial score (nSPS) is 7.14. The summed E-state index contributed by atoms with van der Waals surface area (Å²) in [7, 11) is 0. The second kappa shape index (κ2) is 19.4. The fourth-order valence-corrected chi connectivity index (χ4v) is 0.550. The molecule has 0 fully saturated rings. The van der Waals surface area contributed by atoms with Crippen molar-refractivity contribution in [1.29, 1.82) is 5.41 Å². The maximum absolute atomic E-state index is 9.53. The molecule has 0 bridgehead atoms. The molecular weight excluding hydrogens is 355 g/mol. The van der Waals surface area contributed by atoms with Gasteiger partial charge in [0.25, 0.3) is 0 Å². The van der Waals surface area contributed by atoms with Crippen molar-refractivity contribution < 1.29 is 31.3 Å². The monoisotopic (exact) mass is 369 g/mol. The van der Waals surface area contributed by atoms with Crippen LogP contribution in [0.3, 0.4) is 0 Å². The third kappa shape index (κ3) is 47.1. The third-order valence-corrected chi connectivity index (χ3v) is 1.35. The smallest absolute Gasteiger partial charge is 0.0689 e. The maximum Gasteiger partial charge on any atom is 0.0689 e. The molecule has 0 unspecified atom stereocenters. The van der Waals surface area contributed by atoms with E-state index in [1.54, 1.807) is 0 Å². The minimum absolute atomic E-state index is 0. The summed E-state index contributed by atoms with van der Waals surface area (Å²) in [6.45, 7) is 0. The molecule has 0 atom stereocenters. The number of nitrogens with one attached hydrogen (secondary N) is 1. The Morgan fingerprint density at radius 3 is 0.857 bits per heavy atom. The molecule has 0 aromatic heterocycles. The number of rotatable bonds is 3. The Labute approximate surface area is 119 Å². The molecule has 0 heterocycles. The van der Waals surface area contributed by atoms with Crippen molar-refractivity contribution in [3.8, 4) is 0 Å². The largest absolute Gasteiger partial charge is 0.356 e. The zero-order valence-corrected chi connectivity index (χ0v) is 11.1. The van der Waals surface area contributed by atoms with Crippen LogP contribution in [-0.4, -0.2) is 23.0 Å². The first-order chi connectivity index (χ1) is 7.93. The van der Waals surface area contributed by atoms with Crippen molar-refractivity contribution in [3.63, 3.8) is 0 Å². The topological polar surface area (TPSA) is 377 Å². The molecule has 132 valence electrons. The van der Waals surface area contributed by atoms with E-state index in [1.807, 2.05) is 0 Å². The zero-order valence-electron chi connectivity index (χ0n) is 10.1. The summed E-state index contributed by atoms with van der Waals surface area (Å²) < 4.78 is -4.56. The fraction of sp³-hybridized carbons (Fsp3) is 0. The van der Waals surface area contributed by atoms with E-state index in [4.69, 9.17) is 20.7 Å². The van der Waals surface area contributed by atoms with E-state index in [0.717, 1.165) is 0 Å². The van der Waals surface area contributed by atoms with Crippen LogP contribution in [0.1, 0.15) is 0 Å². The van der Waals surface area contributed by atoms with Crippen LogP contribution in [0.2, 0.25) is 0 Å². The van der Waals surface area contributed by atoms with Gasteiger partial charge in [-0.05, 0) is 0 Å². The summed E-state index contributed by atoms with van der Waals surface area (Å²) in [5, 5.41) is 49.4. The molecule has 20 heteroatoms. The SMILES string of the molecule is N.N.N.N=C(N)N.O=[N+]([O-])[Co]([N+](=O)[O-])[N+](=O)[O-].O=[N+]([O-])[O-]. The van der Waals surface area contributed by atoms with Crippen LogP contribution in [0, 0.1) is 51.1 Å². The van der Waals surface area contributed by atoms with E-state index in [0.29, 0.717) is 0 Å². The Kier molecular flexibility index (Phi) is 33.4. The molecule has 0 aromatic carbocycles. The van der Waals surface area contributed by atoms with Gasteiger partial charge in [0.1, 0.15) is 0 Å². The van der Waals surface area contributed by atoms with E-state index in [2.05, 4.69) is 11.5 Å². The summed E-state index contributed by atoms with van der Waals surface area (Å²) >= 11 is -3.55. The van der Waals surface area contributed by atoms with E-state index in [9.17, 15) is 30.3 Å². The van der Waals surface area contributed by atoms with Crippen LogP contribution in [0.15, 0.2) is 0 Å². The van der Waals surface area contributed by atoms with Gasteiger partial charge >= 0.3 is 56.6 Å². The molecule has 19 nitrogen and oxygen atoms in total. The van der Waals surface area contributed by atoms with Gasteiger partial charge in [-0.2, -0.15) is 0 Å². The molecule has 0 saturated heterocycles. The van der Waals surface area contributed by atoms with Gasteiger partial charge < -0.3 is 45.2 Å². The van der Waals surface area contributed by atoms with Crippen LogP contribution >= 0.6 is 0 Å². The Hall–Kier alpha value is -2.94. The minimum Gasteiger partial charge on any atom is -0.356 e. The van der Waals surface area contributed by atoms with Crippen LogP contribution in [-0.2, 0) is 14.3 Å². The van der Waals surface area contributed by atoms with Crippen molar-refractivity contribution in [2.75, 3.05) is 0 Å². The van der Waals surface area contributed by atoms with Crippen molar-refractivity contribution in [2.24, 2.45) is 11.5 Å². The molecule has 0 radical (unpaired) electrons. The van der Waals surface area contributed by atoms with Gasteiger partial charge in [0.15, 0.2) is 5.96 Å². The molecule has 0 aliphatic carbocycles. The third-order valence-electron chi connectivity index (χ3n) is 0.327. The predicted octanol–water partition coefficient (Wildman–Crippen LogP) is -1.73. The minimum atomic E-state index is -3.55. The molecule has 0 aliphatic heterocycles. The van der Waals surface area contributed by atoms with Crippen LogP contribution < -0.4 is 29.9 Å². The van der Waals surface area contributed by atoms with E-state index in [1.165, 1.54) is 0 Å². The standard InChI is InChI=1S/CH5N3.Co.NO3.3NO2.3H3N/c2-1(3)4;;2-1(3)4;3*2-1-3;;;/h(H5,2,3,4);;;;;;3*1H3/q;;-1;;;;;;. The van der Waals surface area contributed by atoms with Gasteiger partial charge in [-0.15, -0.1) is 0 Å². The molecule has 0 spiro atoms. The molecule has 0 aliphatic rings. The van der Waals surface area contributed by atoms with Crippen LogP contribution in [0.25, 0.3) is 0 Å². The summed E-state index contributed by atoms with van der Waals surface area (Å²) in [6.07, 6.45) is 0. The van der Waals surface area contributed by atoms with Crippen LogP contribution in [0.5, 0.6) is 0 Å². The number of hydrogen-bond donors (Lipinski definition) is 6. The number of nitro groups is 3. The first-order valence-corrected chi connectivity index (χ1v) is 4.31. The Morgan fingerprint density at radius 1 is 0.762 bits per heavy atom. The van der Waals surface area contributed by atoms with Gasteiger partial charge in [-0.25, -0.2) is 0 Å². The molecule has 0 rings (SSSR count). The van der Waals surface area contributed by atoms with E-state index in [-0.39, 0.29) is 24.4 Å². The molecule has 14 N–H and O–H groups in total. The quantitative estimate of drug-likeness (QED) is 0.139. The average Bonchev–Trinajstić information content (AvgIpc) is 1.96. The van der Waals surface area contributed by atoms with Crippen molar-refractivity contribution in [1.82, 2.24) is 18.5 Å². The summed E-state index contributed by atoms with van der Waals surface area (Å²) in [5.74, 6) is -0.333. The Bertz CT molecular complexity index is 290. The summed E-state index contributed by atoms with van der Waals surface area (Å²) in [6, 6.07) is 0. The molecule has 21 heavy (non-hydrogen) atoms. The fourth-order valence-electron chi connectivity index (χ4n) is 0.133. The summed E-state index contributed by atoms with van der Waals surface area (Å²) in [5.41, 5.74) is 8.94. The first-order valence-electron chi connectivity index (χ1n) is 2.92. The average molecular weight is 369 g/mol. The van der Waals surface area contributed by atoms with Gasteiger partial charge in [0, 0.05) is 0 Å². The number of nitrogens with zero attached hydrogens (tertiary/aromatic N) is 4. The molecule has 0 aromatic rings. The predicted molar refractivity (Wildman–Crippen MR) is 62.5 cm³/mol. The van der Waals surface area contributed by atoms with E-state index < -0.39 is 31.3 Å². The maximum atomic E-state index is 9.53. The molecule has 0 saturated carbocycles. The van der Waals surface area contributed by atoms with E-state index >= 15 is 0 Å². The van der Waals surface area contributed by atoms with Crippen molar-refractivity contribution >= 4 is 5.96 Å². The zero-order chi connectivity index (χ0) is 15.5. The molecular formula is CH14CoN10O9-. The number of nitrogens with two attached hydrogens (primary N) is 2. The number of guanidine groups is 1. The Morgan fingerprint density at radius 2 is 0.857 bits per heavy atom. The second-order valence-electron chi connectivity index (χ2n) is 1.47. The van der Waals surface area contributed by atoms with Gasteiger partial charge in [-0.1, -0.05) is 0 Å². The summed E-state index contributed by atoms with van der Waals surface area (Å²) in [4.78, 5) is 36.8. The van der Waals surface area contributed by atoms with Crippen molar-refractivity contribution in [3.05, 3.63) is 45.7 Å². The first kappa shape index (κ1) is 36.1. The van der Waals surface area contributed by atoms with Crippen LogP contribution in [0.4, 0.5) is 0 Å². The Balaban J connectivity index is -0.0000000439. The number of hydrogen-bond acceptors (Lipinski definition) is 13.